The number of amides is 1. The summed E-state index contributed by atoms with van der Waals surface area (Å²) in [5.41, 5.74) is 1.18. The molecule has 0 aliphatic rings. The number of nitrogens with one attached hydrogen (secondary N) is 1. The molecule has 0 aliphatic heterocycles. The Morgan fingerprint density at radius 2 is 2.11 bits per heavy atom. The summed E-state index contributed by atoms with van der Waals surface area (Å²) in [7, 11) is 0. The van der Waals surface area contributed by atoms with Gasteiger partial charge in [0, 0.05) is 10.9 Å². The molecular weight excluding hydrogens is 250 g/mol. The van der Waals surface area contributed by atoms with Gasteiger partial charge in [0.2, 0.25) is 0 Å². The van der Waals surface area contributed by atoms with Crippen molar-refractivity contribution in [3.63, 3.8) is 0 Å². The van der Waals surface area contributed by atoms with Crippen LogP contribution in [0.5, 0.6) is 0 Å². The number of hydrogen-bond donors (Lipinski definition) is 2. The summed E-state index contributed by atoms with van der Waals surface area (Å²) in [6, 6.07) is 1.59. The van der Waals surface area contributed by atoms with E-state index in [0.29, 0.717) is 11.3 Å². The van der Waals surface area contributed by atoms with Crippen molar-refractivity contribution in [3.8, 4) is 0 Å². The van der Waals surface area contributed by atoms with E-state index in [4.69, 9.17) is 5.11 Å². The second kappa shape index (κ2) is 6.54. The average molecular weight is 269 g/mol. The number of rotatable bonds is 6. The lowest BCUT2D eigenvalue weighted by molar-refractivity contribution is -0.137. The van der Waals surface area contributed by atoms with Crippen LogP contribution in [0, 0.1) is 6.92 Å². The molecule has 0 aromatic carbocycles. The minimum atomic E-state index is -0.890. The zero-order valence-electron chi connectivity index (χ0n) is 10.9. The van der Waals surface area contributed by atoms with Crippen LogP contribution in [-0.4, -0.2) is 23.0 Å². The van der Waals surface area contributed by atoms with E-state index in [-0.39, 0.29) is 18.4 Å². The molecule has 0 bridgehead atoms. The van der Waals surface area contributed by atoms with Crippen LogP contribution < -0.4 is 5.32 Å². The van der Waals surface area contributed by atoms with Crippen LogP contribution in [0.15, 0.2) is 6.07 Å². The Morgan fingerprint density at radius 3 is 2.56 bits per heavy atom. The van der Waals surface area contributed by atoms with Crippen LogP contribution in [0.3, 0.4) is 0 Å². The van der Waals surface area contributed by atoms with E-state index in [1.165, 1.54) is 16.9 Å². The lowest BCUT2D eigenvalue weighted by Crippen LogP contribution is -2.35. The fourth-order valence-corrected chi connectivity index (χ4v) is 2.76. The molecule has 1 atom stereocenters. The molecule has 2 N–H and O–H groups in total. The number of thiophene rings is 1. The van der Waals surface area contributed by atoms with Crippen molar-refractivity contribution in [3.05, 3.63) is 21.4 Å². The molecule has 1 amide bonds. The summed E-state index contributed by atoms with van der Waals surface area (Å²) < 4.78 is 0. The van der Waals surface area contributed by atoms with Crippen molar-refractivity contribution >= 4 is 23.2 Å². The van der Waals surface area contributed by atoms with Gasteiger partial charge in [0.15, 0.2) is 0 Å². The summed E-state index contributed by atoms with van der Waals surface area (Å²) in [4.78, 5) is 24.4. The van der Waals surface area contributed by atoms with Crippen LogP contribution in [0.2, 0.25) is 0 Å². The molecule has 1 unspecified atom stereocenters. The fraction of sp³-hybridized carbons (Fsp3) is 0.538. The van der Waals surface area contributed by atoms with Crippen molar-refractivity contribution < 1.29 is 14.7 Å². The first-order valence-corrected chi connectivity index (χ1v) is 6.91. The number of carbonyl (C=O) groups excluding carboxylic acids is 1. The van der Waals surface area contributed by atoms with Crippen molar-refractivity contribution in [1.82, 2.24) is 5.32 Å². The van der Waals surface area contributed by atoms with Gasteiger partial charge in [-0.3, -0.25) is 9.59 Å². The summed E-state index contributed by atoms with van der Waals surface area (Å²) in [6.07, 6.45) is 1.48. The van der Waals surface area contributed by atoms with Gasteiger partial charge in [-0.05, 0) is 31.4 Å². The Hall–Kier alpha value is -1.36. The van der Waals surface area contributed by atoms with Gasteiger partial charge in [0.25, 0.3) is 5.91 Å². The van der Waals surface area contributed by atoms with Crippen molar-refractivity contribution in [2.24, 2.45) is 0 Å². The second-order valence-electron chi connectivity index (χ2n) is 4.22. The highest BCUT2D eigenvalue weighted by Gasteiger charge is 2.17. The predicted molar refractivity (Wildman–Crippen MR) is 72.2 cm³/mol. The van der Waals surface area contributed by atoms with E-state index in [1.54, 1.807) is 0 Å². The highest BCUT2D eigenvalue weighted by Crippen LogP contribution is 2.22. The first kappa shape index (κ1) is 14.7. The SMILES string of the molecule is CCc1cc(C(=O)NC(CC)CC(=O)O)sc1C. The largest absolute Gasteiger partial charge is 0.481 e. The molecule has 5 heteroatoms. The van der Waals surface area contributed by atoms with Crippen LogP contribution in [0.4, 0.5) is 0 Å². The minimum Gasteiger partial charge on any atom is -0.481 e. The van der Waals surface area contributed by atoms with Crippen molar-refractivity contribution in [1.29, 1.82) is 0 Å². The monoisotopic (exact) mass is 269 g/mol. The normalized spacial score (nSPS) is 12.2. The lowest BCUT2D eigenvalue weighted by Gasteiger charge is -2.13. The number of hydrogen-bond acceptors (Lipinski definition) is 3. The third-order valence-corrected chi connectivity index (χ3v) is 3.97. The molecule has 18 heavy (non-hydrogen) atoms. The van der Waals surface area contributed by atoms with Gasteiger partial charge < -0.3 is 10.4 Å². The lowest BCUT2D eigenvalue weighted by atomic mass is 10.1. The summed E-state index contributed by atoms with van der Waals surface area (Å²) >= 11 is 1.46. The van der Waals surface area contributed by atoms with Crippen LogP contribution in [0.1, 0.15) is 46.8 Å². The Morgan fingerprint density at radius 1 is 1.44 bits per heavy atom. The molecule has 1 heterocycles. The number of carbonyl (C=O) groups is 2. The molecule has 0 spiro atoms. The van der Waals surface area contributed by atoms with Gasteiger partial charge in [0.05, 0.1) is 11.3 Å². The molecule has 4 nitrogen and oxygen atoms in total. The second-order valence-corrected chi connectivity index (χ2v) is 5.48. The molecule has 0 aliphatic carbocycles. The summed E-state index contributed by atoms with van der Waals surface area (Å²) in [5, 5.41) is 11.5. The topological polar surface area (TPSA) is 66.4 Å². The van der Waals surface area contributed by atoms with Gasteiger partial charge in [0.1, 0.15) is 0 Å². The maximum Gasteiger partial charge on any atom is 0.305 e. The third-order valence-electron chi connectivity index (χ3n) is 2.87. The minimum absolute atomic E-state index is 0.0345. The molecule has 1 rings (SSSR count). The van der Waals surface area contributed by atoms with Crippen LogP contribution in [0.25, 0.3) is 0 Å². The number of aliphatic carboxylic acids is 1. The molecule has 0 saturated carbocycles. The Balaban J connectivity index is 2.71. The average Bonchev–Trinajstić information content (AvgIpc) is 2.69. The first-order chi connectivity index (χ1) is 8.47. The van der Waals surface area contributed by atoms with E-state index < -0.39 is 5.97 Å². The zero-order chi connectivity index (χ0) is 13.7. The Labute approximate surface area is 111 Å². The van der Waals surface area contributed by atoms with E-state index in [1.807, 2.05) is 19.9 Å². The maximum absolute atomic E-state index is 12.0. The fourth-order valence-electron chi connectivity index (χ4n) is 1.75. The van der Waals surface area contributed by atoms with Crippen LogP contribution in [-0.2, 0) is 11.2 Å². The summed E-state index contributed by atoms with van der Waals surface area (Å²) in [5.74, 6) is -1.06. The summed E-state index contributed by atoms with van der Waals surface area (Å²) in [6.45, 7) is 5.91. The predicted octanol–water partition coefficient (Wildman–Crippen LogP) is 2.60. The van der Waals surface area contributed by atoms with E-state index >= 15 is 0 Å². The molecule has 0 saturated heterocycles. The number of carboxylic acids is 1. The van der Waals surface area contributed by atoms with Crippen molar-refractivity contribution in [2.75, 3.05) is 0 Å². The Kier molecular flexibility index (Phi) is 5.34. The zero-order valence-corrected chi connectivity index (χ0v) is 11.8. The molecule has 0 fully saturated rings. The van der Waals surface area contributed by atoms with Gasteiger partial charge in [-0.2, -0.15) is 0 Å². The maximum atomic E-state index is 12.0. The van der Waals surface area contributed by atoms with Gasteiger partial charge in [-0.25, -0.2) is 0 Å². The molecule has 1 aromatic rings. The van der Waals surface area contributed by atoms with E-state index in [2.05, 4.69) is 12.2 Å². The van der Waals surface area contributed by atoms with Gasteiger partial charge in [-0.1, -0.05) is 13.8 Å². The molecule has 0 radical (unpaired) electrons. The molecule has 1 aromatic heterocycles. The van der Waals surface area contributed by atoms with Crippen LogP contribution >= 0.6 is 11.3 Å². The highest BCUT2D eigenvalue weighted by atomic mass is 32.1. The molecular formula is C13H19NO3S. The van der Waals surface area contributed by atoms with E-state index in [9.17, 15) is 9.59 Å². The highest BCUT2D eigenvalue weighted by molar-refractivity contribution is 7.14. The number of aryl methyl sites for hydroxylation is 2. The van der Waals surface area contributed by atoms with E-state index in [0.717, 1.165) is 11.3 Å². The smallest absolute Gasteiger partial charge is 0.305 e. The van der Waals surface area contributed by atoms with Crippen molar-refractivity contribution in [2.45, 2.75) is 46.1 Å². The first-order valence-electron chi connectivity index (χ1n) is 6.09. The number of carboxylic acid groups (broad SMARTS) is 1. The standard InChI is InChI=1S/C13H19NO3S/c1-4-9-6-11(18-8(9)3)13(17)14-10(5-2)7-12(15)16/h6,10H,4-5,7H2,1-3H3,(H,14,17)(H,15,16). The Bertz CT molecular complexity index is 439. The quantitative estimate of drug-likeness (QED) is 0.834. The van der Waals surface area contributed by atoms with Gasteiger partial charge >= 0.3 is 5.97 Å². The third kappa shape index (κ3) is 3.84. The van der Waals surface area contributed by atoms with Gasteiger partial charge in [-0.15, -0.1) is 11.3 Å². The molecule has 100 valence electrons.